The number of nitrogens with zero attached hydrogens (tertiary/aromatic N) is 4. The normalized spacial score (nSPS) is 25.3. The Kier molecular flexibility index (Phi) is 4.37. The van der Waals surface area contributed by atoms with Crippen molar-refractivity contribution in [2.24, 2.45) is 23.3 Å². The van der Waals surface area contributed by atoms with Crippen molar-refractivity contribution in [1.29, 1.82) is 0 Å². The van der Waals surface area contributed by atoms with Crippen molar-refractivity contribution in [2.45, 2.75) is 52.0 Å². The van der Waals surface area contributed by atoms with Crippen LogP contribution in [0.5, 0.6) is 0 Å². The Morgan fingerprint density at radius 1 is 1.00 bits per heavy atom. The number of aromatic nitrogens is 4. The van der Waals surface area contributed by atoms with Gasteiger partial charge in [0.15, 0.2) is 5.78 Å². The van der Waals surface area contributed by atoms with E-state index in [-0.39, 0.29) is 22.0 Å². The van der Waals surface area contributed by atoms with Crippen LogP contribution in [0.2, 0.25) is 0 Å². The minimum Gasteiger partial charge on any atom is -0.341 e. The molecule has 0 N–H and O–H groups in total. The second-order valence-electron chi connectivity index (χ2n) is 11.7. The molecule has 6 heteroatoms. The lowest BCUT2D eigenvalue weighted by Gasteiger charge is -2.73. The molecule has 6 nitrogen and oxygen atoms in total. The molecular weight excluding hydrogens is 448 g/mol. The van der Waals surface area contributed by atoms with E-state index < -0.39 is 0 Å². The number of fused-ring (bicyclic) bond motifs is 1. The quantitative estimate of drug-likeness (QED) is 0.309. The van der Waals surface area contributed by atoms with Gasteiger partial charge in [-0.05, 0) is 68.1 Å². The van der Waals surface area contributed by atoms with E-state index in [1.165, 1.54) is 0 Å². The highest BCUT2D eigenvalue weighted by Crippen LogP contribution is 2.85. The predicted octanol–water partition coefficient (Wildman–Crippen LogP) is 5.60. The molecule has 4 aromatic rings. The average Bonchev–Trinajstić information content (AvgIpc) is 3.23. The van der Waals surface area contributed by atoms with Gasteiger partial charge in [-0.1, -0.05) is 18.2 Å². The first kappa shape index (κ1) is 21.7. The fourth-order valence-corrected chi connectivity index (χ4v) is 7.22. The molecule has 0 spiro atoms. The number of hydrogen-bond donors (Lipinski definition) is 0. The number of pyridine rings is 1. The molecule has 4 aliphatic rings. The number of Topliss-reactive ketones (excluding diaryl/α,β-unsaturated/α-hetero) is 2. The smallest absolute Gasteiger partial charge is 0.165 e. The minimum absolute atomic E-state index is 0.0487. The van der Waals surface area contributed by atoms with Crippen LogP contribution >= 0.6 is 0 Å². The van der Waals surface area contributed by atoms with E-state index in [1.54, 1.807) is 11.6 Å². The van der Waals surface area contributed by atoms with Crippen LogP contribution in [0.1, 0.15) is 61.5 Å². The molecule has 3 aromatic heterocycles. The van der Waals surface area contributed by atoms with Crippen molar-refractivity contribution in [3.63, 3.8) is 0 Å². The zero-order valence-corrected chi connectivity index (χ0v) is 20.8. The summed E-state index contributed by atoms with van der Waals surface area (Å²) < 4.78 is 3.94. The fraction of sp³-hybridized carbons (Fsp3) is 0.400. The summed E-state index contributed by atoms with van der Waals surface area (Å²) in [6, 6.07) is 12.3. The molecule has 8 rings (SSSR count). The van der Waals surface area contributed by atoms with Gasteiger partial charge in [0.1, 0.15) is 5.78 Å². The van der Waals surface area contributed by atoms with Crippen LogP contribution in [0.4, 0.5) is 0 Å². The van der Waals surface area contributed by atoms with Crippen molar-refractivity contribution in [2.75, 3.05) is 0 Å². The Balaban J connectivity index is 1.13. The summed E-state index contributed by atoms with van der Waals surface area (Å²) in [7, 11) is 1.91. The Morgan fingerprint density at radius 2 is 1.81 bits per heavy atom. The molecule has 0 amide bonds. The third-order valence-corrected chi connectivity index (χ3v) is 9.54. The first-order valence-electron chi connectivity index (χ1n) is 12.9. The van der Waals surface area contributed by atoms with Crippen LogP contribution in [0.3, 0.4) is 0 Å². The standard InChI is InChI=1S/C30H30N4O2/c1-20(35)28-17-30(18-28,19-28)29(9-10-29)12-26(36)25-5-3-4-21-8-11-34(27(21)25)16-24-7-6-22(13-31-24)23-14-32-33(2)15-23/h3-8,11,13-15H,9-10,12,16-19H2,1-2H3. The Hall–Kier alpha value is -3.54. The monoisotopic (exact) mass is 478 g/mol. The lowest BCUT2D eigenvalue weighted by Crippen LogP contribution is -2.68. The highest BCUT2D eigenvalue weighted by atomic mass is 16.1. The molecule has 0 unspecified atom stereocenters. The SMILES string of the molecule is CC(=O)C12CC(C3(CC(=O)c4cccc5ccn(Cc6ccc(-c7cnn(C)c7)cn6)c45)CC3)(C1)C2. The highest BCUT2D eigenvalue weighted by molar-refractivity contribution is 6.07. The van der Waals surface area contributed by atoms with Gasteiger partial charge in [0.25, 0.3) is 0 Å². The van der Waals surface area contributed by atoms with E-state index in [0.29, 0.717) is 18.7 Å². The molecule has 0 saturated heterocycles. The molecule has 4 fully saturated rings. The van der Waals surface area contributed by atoms with E-state index >= 15 is 0 Å². The van der Waals surface area contributed by atoms with Crippen molar-refractivity contribution in [1.82, 2.24) is 19.3 Å². The number of hydrogen-bond acceptors (Lipinski definition) is 4. The van der Waals surface area contributed by atoms with Gasteiger partial charge in [0.05, 0.1) is 24.0 Å². The molecule has 4 saturated carbocycles. The maximum Gasteiger partial charge on any atom is 0.165 e. The summed E-state index contributed by atoms with van der Waals surface area (Å²) in [5.41, 5.74) is 5.14. The van der Waals surface area contributed by atoms with Crippen LogP contribution < -0.4 is 0 Å². The number of carbonyl (C=O) groups excluding carboxylic acids is 2. The summed E-state index contributed by atoms with van der Waals surface area (Å²) in [5.74, 6) is 0.579. The second-order valence-corrected chi connectivity index (χ2v) is 11.7. The van der Waals surface area contributed by atoms with E-state index in [4.69, 9.17) is 4.98 Å². The minimum atomic E-state index is -0.0487. The van der Waals surface area contributed by atoms with Crippen LogP contribution in [0, 0.1) is 16.2 Å². The maximum atomic E-state index is 13.7. The summed E-state index contributed by atoms with van der Waals surface area (Å²) in [4.78, 5) is 30.5. The first-order chi connectivity index (χ1) is 17.3. The van der Waals surface area contributed by atoms with Gasteiger partial charge in [-0.2, -0.15) is 5.10 Å². The van der Waals surface area contributed by atoms with E-state index in [0.717, 1.165) is 65.4 Å². The summed E-state index contributed by atoms with van der Waals surface area (Å²) in [6.07, 6.45) is 13.6. The molecule has 182 valence electrons. The summed E-state index contributed by atoms with van der Waals surface area (Å²) in [6.45, 7) is 2.35. The van der Waals surface area contributed by atoms with Crippen molar-refractivity contribution >= 4 is 22.5 Å². The van der Waals surface area contributed by atoms with Gasteiger partial charge in [-0.3, -0.25) is 19.3 Å². The number of carbonyl (C=O) groups is 2. The van der Waals surface area contributed by atoms with E-state index in [1.807, 2.05) is 43.8 Å². The Bertz CT molecular complexity index is 1520. The van der Waals surface area contributed by atoms with E-state index in [2.05, 4.69) is 34.1 Å². The lowest BCUT2D eigenvalue weighted by atomic mass is 9.30. The molecule has 36 heavy (non-hydrogen) atoms. The molecule has 2 bridgehead atoms. The van der Waals surface area contributed by atoms with Crippen molar-refractivity contribution in [3.05, 3.63) is 72.4 Å². The van der Waals surface area contributed by atoms with Crippen LogP contribution in [0.15, 0.2) is 61.2 Å². The van der Waals surface area contributed by atoms with Crippen LogP contribution in [0.25, 0.3) is 22.0 Å². The largest absolute Gasteiger partial charge is 0.341 e. The van der Waals surface area contributed by atoms with Gasteiger partial charge >= 0.3 is 0 Å². The van der Waals surface area contributed by atoms with Gasteiger partial charge in [0.2, 0.25) is 0 Å². The molecule has 0 aliphatic heterocycles. The number of aryl methyl sites for hydroxylation is 1. The zero-order valence-electron chi connectivity index (χ0n) is 20.8. The van der Waals surface area contributed by atoms with Crippen LogP contribution in [-0.4, -0.2) is 30.9 Å². The number of rotatable bonds is 8. The fourth-order valence-electron chi connectivity index (χ4n) is 7.22. The second kappa shape index (κ2) is 7.25. The zero-order chi connectivity index (χ0) is 24.7. The third kappa shape index (κ3) is 3.03. The highest BCUT2D eigenvalue weighted by Gasteiger charge is 2.79. The summed E-state index contributed by atoms with van der Waals surface area (Å²) in [5, 5.41) is 5.32. The Labute approximate surface area is 210 Å². The summed E-state index contributed by atoms with van der Waals surface area (Å²) >= 11 is 0. The van der Waals surface area contributed by atoms with Gasteiger partial charge in [-0.15, -0.1) is 0 Å². The van der Waals surface area contributed by atoms with Gasteiger partial charge in [0, 0.05) is 59.6 Å². The van der Waals surface area contributed by atoms with E-state index in [9.17, 15) is 9.59 Å². The molecule has 3 heterocycles. The topological polar surface area (TPSA) is 69.8 Å². The molecule has 0 atom stereocenters. The van der Waals surface area contributed by atoms with Gasteiger partial charge in [-0.25, -0.2) is 0 Å². The molecule has 1 aromatic carbocycles. The Morgan fingerprint density at radius 3 is 2.44 bits per heavy atom. The van der Waals surface area contributed by atoms with Crippen LogP contribution in [-0.2, 0) is 18.4 Å². The van der Waals surface area contributed by atoms with Crippen molar-refractivity contribution < 1.29 is 9.59 Å². The molecule has 4 aliphatic carbocycles. The van der Waals surface area contributed by atoms with Gasteiger partial charge < -0.3 is 4.57 Å². The third-order valence-electron chi connectivity index (χ3n) is 9.54. The average molecular weight is 479 g/mol. The predicted molar refractivity (Wildman–Crippen MR) is 137 cm³/mol. The maximum absolute atomic E-state index is 13.7. The molecule has 0 radical (unpaired) electrons. The number of benzene rings is 1. The lowest BCUT2D eigenvalue weighted by molar-refractivity contribution is -0.233. The van der Waals surface area contributed by atoms with Crippen molar-refractivity contribution in [3.8, 4) is 11.1 Å². The number of ketones is 2. The number of para-hydroxylation sites is 1. The first-order valence-corrected chi connectivity index (χ1v) is 12.9. The molecular formula is C30H30N4O2.